The molecule has 0 spiro atoms. The minimum Gasteiger partial charge on any atom is -0.497 e. The molecule has 1 aliphatic heterocycles. The minimum atomic E-state index is 0.248. The Balaban J connectivity index is 1.85. The topological polar surface area (TPSA) is 36.0 Å². The van der Waals surface area contributed by atoms with Crippen LogP contribution in [0.2, 0.25) is 0 Å². The molecule has 1 fully saturated rings. The highest BCUT2D eigenvalue weighted by molar-refractivity contribution is 5.78. The first-order valence-corrected chi connectivity index (χ1v) is 8.07. The number of hydrogen-bond acceptors (Lipinski definition) is 4. The summed E-state index contributed by atoms with van der Waals surface area (Å²) in [6.45, 7) is 9.94. The molecule has 0 atom stereocenters. The van der Waals surface area contributed by atoms with Crippen LogP contribution in [0, 0.1) is 0 Å². The Kier molecular flexibility index (Phi) is 6.07. The molecule has 5 heteroatoms. The van der Waals surface area contributed by atoms with Crippen molar-refractivity contribution in [1.82, 2.24) is 9.80 Å². The number of ether oxygens (including phenoxy) is 1. The van der Waals surface area contributed by atoms with E-state index < -0.39 is 0 Å². The highest BCUT2D eigenvalue weighted by atomic mass is 16.5. The van der Waals surface area contributed by atoms with E-state index >= 15 is 0 Å². The number of hydrogen-bond donors (Lipinski definition) is 0. The van der Waals surface area contributed by atoms with Crippen LogP contribution in [0.15, 0.2) is 24.3 Å². The molecule has 122 valence electrons. The van der Waals surface area contributed by atoms with Gasteiger partial charge in [0.25, 0.3) is 0 Å². The van der Waals surface area contributed by atoms with Gasteiger partial charge in [0.2, 0.25) is 5.91 Å². The van der Waals surface area contributed by atoms with Crippen molar-refractivity contribution in [2.75, 3.05) is 57.8 Å². The van der Waals surface area contributed by atoms with Gasteiger partial charge in [-0.2, -0.15) is 0 Å². The predicted octanol–water partition coefficient (Wildman–Crippen LogP) is 1.69. The number of carbonyl (C=O) groups is 1. The van der Waals surface area contributed by atoms with E-state index in [1.807, 2.05) is 17.0 Å². The second-order valence-corrected chi connectivity index (χ2v) is 5.53. The van der Waals surface area contributed by atoms with Crippen LogP contribution in [0.1, 0.15) is 13.8 Å². The fraction of sp³-hybridized carbons (Fsp3) is 0.588. The van der Waals surface area contributed by atoms with Gasteiger partial charge in [-0.05, 0) is 37.4 Å². The Morgan fingerprint density at radius 1 is 1.09 bits per heavy atom. The van der Waals surface area contributed by atoms with E-state index in [1.165, 1.54) is 5.69 Å². The van der Waals surface area contributed by atoms with Crippen molar-refractivity contribution in [1.29, 1.82) is 0 Å². The maximum atomic E-state index is 12.3. The third kappa shape index (κ3) is 4.13. The van der Waals surface area contributed by atoms with Gasteiger partial charge in [0.05, 0.1) is 13.7 Å². The maximum Gasteiger partial charge on any atom is 0.236 e. The molecule has 0 aliphatic carbocycles. The van der Waals surface area contributed by atoms with Gasteiger partial charge >= 0.3 is 0 Å². The van der Waals surface area contributed by atoms with Crippen molar-refractivity contribution < 1.29 is 9.53 Å². The van der Waals surface area contributed by atoms with Gasteiger partial charge in [-0.3, -0.25) is 9.69 Å². The lowest BCUT2D eigenvalue weighted by Crippen LogP contribution is -2.51. The zero-order chi connectivity index (χ0) is 15.9. The third-order valence-electron chi connectivity index (χ3n) is 4.32. The summed E-state index contributed by atoms with van der Waals surface area (Å²) in [6.07, 6.45) is 0. The Labute approximate surface area is 133 Å². The average Bonchev–Trinajstić information content (AvgIpc) is 2.59. The molecule has 1 heterocycles. The summed E-state index contributed by atoms with van der Waals surface area (Å²) >= 11 is 0. The van der Waals surface area contributed by atoms with E-state index in [1.54, 1.807) is 7.11 Å². The van der Waals surface area contributed by atoms with Gasteiger partial charge in [-0.1, -0.05) is 13.8 Å². The van der Waals surface area contributed by atoms with Gasteiger partial charge in [-0.15, -0.1) is 0 Å². The van der Waals surface area contributed by atoms with Crippen molar-refractivity contribution >= 4 is 11.6 Å². The number of nitrogens with zero attached hydrogens (tertiary/aromatic N) is 3. The molecule has 1 aliphatic rings. The molecule has 5 nitrogen and oxygen atoms in total. The van der Waals surface area contributed by atoms with Crippen molar-refractivity contribution in [3.05, 3.63) is 24.3 Å². The fourth-order valence-electron chi connectivity index (χ4n) is 2.75. The highest BCUT2D eigenvalue weighted by Gasteiger charge is 2.22. The Morgan fingerprint density at radius 2 is 1.68 bits per heavy atom. The van der Waals surface area contributed by atoms with Crippen LogP contribution >= 0.6 is 0 Å². The van der Waals surface area contributed by atoms with Crippen LogP contribution in [0.25, 0.3) is 0 Å². The molecule has 0 unspecified atom stereocenters. The van der Waals surface area contributed by atoms with E-state index in [2.05, 4.69) is 35.8 Å². The molecule has 0 bridgehead atoms. The van der Waals surface area contributed by atoms with Crippen LogP contribution < -0.4 is 9.64 Å². The number of benzene rings is 1. The Bertz CT molecular complexity index is 463. The molecule has 1 aromatic carbocycles. The fourth-order valence-corrected chi connectivity index (χ4v) is 2.75. The normalized spacial score (nSPS) is 15.3. The lowest BCUT2D eigenvalue weighted by molar-refractivity contribution is -0.132. The summed E-state index contributed by atoms with van der Waals surface area (Å²) in [6, 6.07) is 8.11. The summed E-state index contributed by atoms with van der Waals surface area (Å²) in [4.78, 5) is 18.8. The summed E-state index contributed by atoms with van der Waals surface area (Å²) in [5, 5.41) is 0. The lowest BCUT2D eigenvalue weighted by Gasteiger charge is -2.37. The molecule has 22 heavy (non-hydrogen) atoms. The quantitative estimate of drug-likeness (QED) is 0.801. The summed E-state index contributed by atoms with van der Waals surface area (Å²) in [7, 11) is 1.68. The van der Waals surface area contributed by atoms with E-state index in [0.717, 1.165) is 45.0 Å². The highest BCUT2D eigenvalue weighted by Crippen LogP contribution is 2.20. The smallest absolute Gasteiger partial charge is 0.236 e. The molecule has 1 saturated heterocycles. The Morgan fingerprint density at radius 3 is 2.18 bits per heavy atom. The number of rotatable bonds is 6. The van der Waals surface area contributed by atoms with Crippen molar-refractivity contribution in [3.63, 3.8) is 0 Å². The van der Waals surface area contributed by atoms with E-state index in [4.69, 9.17) is 4.74 Å². The molecular weight excluding hydrogens is 278 g/mol. The van der Waals surface area contributed by atoms with Gasteiger partial charge in [0, 0.05) is 31.9 Å². The zero-order valence-corrected chi connectivity index (χ0v) is 13.9. The molecule has 1 aromatic rings. The van der Waals surface area contributed by atoms with Crippen LogP contribution in [0.5, 0.6) is 5.75 Å². The first-order chi connectivity index (χ1) is 10.7. The average molecular weight is 305 g/mol. The number of carbonyl (C=O) groups excluding carboxylic acids is 1. The summed E-state index contributed by atoms with van der Waals surface area (Å²) in [5.74, 6) is 1.12. The molecule has 1 amide bonds. The van der Waals surface area contributed by atoms with Crippen molar-refractivity contribution in [2.45, 2.75) is 13.8 Å². The van der Waals surface area contributed by atoms with Gasteiger partial charge in [0.1, 0.15) is 5.75 Å². The largest absolute Gasteiger partial charge is 0.497 e. The summed E-state index contributed by atoms with van der Waals surface area (Å²) in [5.41, 5.74) is 1.19. The number of piperazine rings is 1. The van der Waals surface area contributed by atoms with Gasteiger partial charge in [0.15, 0.2) is 0 Å². The predicted molar refractivity (Wildman–Crippen MR) is 89.6 cm³/mol. The lowest BCUT2D eigenvalue weighted by atomic mass is 10.2. The molecule has 2 rings (SSSR count). The molecular formula is C17H27N3O2. The Hall–Kier alpha value is -1.75. The molecule has 0 saturated carbocycles. The second-order valence-electron chi connectivity index (χ2n) is 5.53. The van der Waals surface area contributed by atoms with Crippen molar-refractivity contribution in [2.24, 2.45) is 0 Å². The maximum absolute atomic E-state index is 12.3. The second kappa shape index (κ2) is 8.03. The van der Waals surface area contributed by atoms with Gasteiger partial charge < -0.3 is 14.5 Å². The molecule has 0 aromatic heterocycles. The van der Waals surface area contributed by atoms with Gasteiger partial charge in [-0.25, -0.2) is 0 Å². The van der Waals surface area contributed by atoms with E-state index in [0.29, 0.717) is 6.54 Å². The molecule has 0 N–H and O–H groups in total. The van der Waals surface area contributed by atoms with Crippen LogP contribution in [-0.4, -0.2) is 68.6 Å². The number of methoxy groups -OCH3 is 1. The zero-order valence-electron chi connectivity index (χ0n) is 13.9. The number of likely N-dealkylation sites (N-methyl/N-ethyl adjacent to an activating group) is 1. The first kappa shape index (κ1) is 16.6. The standard InChI is InChI=1S/C17H27N3O2/c1-4-18(5-2)14-17(21)20-12-10-19(11-13-20)15-6-8-16(22-3)9-7-15/h6-9H,4-5,10-14H2,1-3H3. The van der Waals surface area contributed by atoms with Crippen LogP contribution in [0.4, 0.5) is 5.69 Å². The van der Waals surface area contributed by atoms with E-state index in [-0.39, 0.29) is 5.91 Å². The third-order valence-corrected chi connectivity index (χ3v) is 4.32. The number of amides is 1. The first-order valence-electron chi connectivity index (χ1n) is 8.07. The monoisotopic (exact) mass is 305 g/mol. The van der Waals surface area contributed by atoms with Crippen molar-refractivity contribution in [3.8, 4) is 5.75 Å². The number of anilines is 1. The minimum absolute atomic E-state index is 0.248. The molecule has 0 radical (unpaired) electrons. The SMILES string of the molecule is CCN(CC)CC(=O)N1CCN(c2ccc(OC)cc2)CC1. The van der Waals surface area contributed by atoms with E-state index in [9.17, 15) is 4.79 Å². The van der Waals surface area contributed by atoms with Crippen LogP contribution in [-0.2, 0) is 4.79 Å². The summed E-state index contributed by atoms with van der Waals surface area (Å²) < 4.78 is 5.19. The van der Waals surface area contributed by atoms with Crippen LogP contribution in [0.3, 0.4) is 0 Å².